The maximum atomic E-state index is 11.5. The molecule has 1 aromatic rings. The summed E-state index contributed by atoms with van der Waals surface area (Å²) in [7, 11) is 0. The minimum absolute atomic E-state index is 0.224. The van der Waals surface area contributed by atoms with E-state index in [2.05, 4.69) is 10.3 Å². The highest BCUT2D eigenvalue weighted by Crippen LogP contribution is 2.34. The van der Waals surface area contributed by atoms with Gasteiger partial charge in [0, 0.05) is 6.07 Å². The summed E-state index contributed by atoms with van der Waals surface area (Å²) in [5, 5.41) is 14.0. The molecule has 94 valence electrons. The molecule has 0 aliphatic carbocycles. The van der Waals surface area contributed by atoms with Crippen molar-refractivity contribution in [3.8, 4) is 0 Å². The lowest BCUT2D eigenvalue weighted by Gasteiger charge is -2.13. The summed E-state index contributed by atoms with van der Waals surface area (Å²) in [6, 6.07) is 2.96. The van der Waals surface area contributed by atoms with Gasteiger partial charge in [-0.25, -0.2) is 0 Å². The van der Waals surface area contributed by atoms with E-state index in [1.165, 1.54) is 25.4 Å². The molecule has 1 unspecified atom stereocenters. The summed E-state index contributed by atoms with van der Waals surface area (Å²) >= 11 is 5.95. The van der Waals surface area contributed by atoms with Gasteiger partial charge in [-0.2, -0.15) is 4.99 Å². The summed E-state index contributed by atoms with van der Waals surface area (Å²) in [5.41, 5.74) is 1.17. The van der Waals surface area contributed by atoms with Crippen molar-refractivity contribution in [2.24, 2.45) is 4.99 Å². The van der Waals surface area contributed by atoms with Gasteiger partial charge in [-0.15, -0.1) is 0 Å². The predicted octanol–water partition coefficient (Wildman–Crippen LogP) is 0.945. The Morgan fingerprint density at radius 3 is 2.89 bits per heavy atom. The number of hydrogen-bond donors (Lipinski definition) is 2. The number of carbonyl (C=O) groups excluding carboxylic acids is 2. The van der Waals surface area contributed by atoms with Gasteiger partial charge in [0.25, 0.3) is 0 Å². The highest BCUT2D eigenvalue weighted by atomic mass is 35.5. The van der Waals surface area contributed by atoms with Crippen molar-refractivity contribution >= 4 is 46.7 Å². The molecule has 1 amide bonds. The number of amides is 1. The normalized spacial score (nSPS) is 16.5. The minimum atomic E-state index is -0.462. The molecule has 0 radical (unpaired) electrons. The number of Topliss-reactive ketones (excluding diaryl/α,β-unsaturated/α-hetero) is 1. The monoisotopic (exact) mass is 267 g/mol. The number of fused-ring (bicyclic) bond motifs is 1. The molecule has 0 saturated heterocycles. The molecular formula is C11H10ClN3O3. The molecule has 1 aromatic carbocycles. The fourth-order valence-electron chi connectivity index (χ4n) is 1.58. The second-order valence-corrected chi connectivity index (χ2v) is 4.31. The number of carbonyl (C=O) groups is 2. The van der Waals surface area contributed by atoms with Gasteiger partial charge in [0.2, 0.25) is 5.91 Å². The number of aliphatic imine (C=N–C) groups is 1. The Bertz CT molecular complexity index is 557. The van der Waals surface area contributed by atoms with Gasteiger partial charge in [0.1, 0.15) is 11.5 Å². The number of benzene rings is 1. The van der Waals surface area contributed by atoms with Gasteiger partial charge >= 0.3 is 0 Å². The van der Waals surface area contributed by atoms with Crippen LogP contribution in [0.25, 0.3) is 0 Å². The van der Waals surface area contributed by atoms with Crippen LogP contribution in [0.4, 0.5) is 17.1 Å². The molecule has 0 bridgehead atoms. The zero-order valence-corrected chi connectivity index (χ0v) is 10.2. The summed E-state index contributed by atoms with van der Waals surface area (Å²) in [6.45, 7) is 1.32. The largest absolute Gasteiger partial charge is 0.623 e. The first-order valence-electron chi connectivity index (χ1n) is 5.18. The first-order chi connectivity index (χ1) is 8.47. The Labute approximate surface area is 108 Å². The van der Waals surface area contributed by atoms with Crippen molar-refractivity contribution in [1.29, 1.82) is 0 Å². The zero-order valence-electron chi connectivity index (χ0n) is 9.49. The van der Waals surface area contributed by atoms with Crippen LogP contribution in [0.1, 0.15) is 13.3 Å². The third-order valence-electron chi connectivity index (χ3n) is 2.36. The third-order valence-corrected chi connectivity index (χ3v) is 2.67. The van der Waals surface area contributed by atoms with Crippen LogP contribution in [-0.4, -0.2) is 18.0 Å². The molecule has 0 fully saturated rings. The first-order valence-corrected chi connectivity index (χ1v) is 5.56. The van der Waals surface area contributed by atoms with E-state index in [1.807, 2.05) is 0 Å². The topological polar surface area (TPSA) is 86.0 Å². The molecule has 2 rings (SSSR count). The van der Waals surface area contributed by atoms with E-state index in [1.54, 1.807) is 0 Å². The van der Waals surface area contributed by atoms with E-state index in [0.29, 0.717) is 17.1 Å². The fraction of sp³-hybridized carbons (Fsp3) is 0.182. The molecule has 2 N–H and O–H groups in total. The number of ketones is 1. The van der Waals surface area contributed by atoms with Crippen molar-refractivity contribution in [2.45, 2.75) is 13.3 Å². The van der Waals surface area contributed by atoms with Gasteiger partial charge in [-0.1, -0.05) is 11.6 Å². The Hall–Kier alpha value is -1.76. The number of nitrogens with one attached hydrogen (secondary N) is 2. The number of halogens is 1. The summed E-state index contributed by atoms with van der Waals surface area (Å²) in [4.78, 5) is 26.1. The number of hydrogen-bond acceptors (Lipinski definition) is 4. The lowest BCUT2D eigenvalue weighted by molar-refractivity contribution is -0.655. The summed E-state index contributed by atoms with van der Waals surface area (Å²) < 4.78 is 0. The average molecular weight is 268 g/mol. The summed E-state index contributed by atoms with van der Waals surface area (Å²) in [6.07, 6.45) is 0.972. The lowest BCUT2D eigenvalue weighted by atomic mass is 10.2. The minimum Gasteiger partial charge on any atom is -0.623 e. The standard InChI is InChI=1S/C11H10ClN3O3/c1-6(16)2-11(17)14-8-4-10-9(3-7(8)12)13-5-15(10)18/h3-5,15H,2H2,1H3,(H,14,17). The fourth-order valence-corrected chi connectivity index (χ4v) is 1.79. The molecule has 1 aliphatic rings. The van der Waals surface area contributed by atoms with Gasteiger partial charge in [-0.3, -0.25) is 14.7 Å². The SMILES string of the molecule is CC(=O)CC(=O)Nc1cc2c(cc1Cl)N=C[NH+]2[O-]. The molecule has 1 aliphatic heterocycles. The smallest absolute Gasteiger partial charge is 0.231 e. The lowest BCUT2D eigenvalue weighted by Crippen LogP contribution is -2.99. The number of quaternary nitrogens is 1. The first kappa shape index (κ1) is 12.7. The van der Waals surface area contributed by atoms with Crippen LogP contribution >= 0.6 is 11.6 Å². The number of anilines is 1. The third kappa shape index (κ3) is 2.56. The van der Waals surface area contributed by atoms with Crippen molar-refractivity contribution in [2.75, 3.05) is 5.32 Å². The molecule has 0 aromatic heterocycles. The number of rotatable bonds is 3. The van der Waals surface area contributed by atoms with E-state index in [-0.39, 0.29) is 22.3 Å². The van der Waals surface area contributed by atoms with Gasteiger partial charge in [-0.05, 0) is 13.0 Å². The van der Waals surface area contributed by atoms with Crippen LogP contribution in [0.5, 0.6) is 0 Å². The summed E-state index contributed by atoms with van der Waals surface area (Å²) in [5.74, 6) is -0.708. The highest BCUT2D eigenvalue weighted by molar-refractivity contribution is 6.34. The maximum Gasteiger partial charge on any atom is 0.231 e. The van der Waals surface area contributed by atoms with E-state index >= 15 is 0 Å². The highest BCUT2D eigenvalue weighted by Gasteiger charge is 2.19. The molecule has 18 heavy (non-hydrogen) atoms. The van der Waals surface area contributed by atoms with Crippen molar-refractivity contribution in [1.82, 2.24) is 0 Å². The molecule has 1 heterocycles. The average Bonchev–Trinajstić information content (AvgIpc) is 2.60. The van der Waals surface area contributed by atoms with Gasteiger partial charge in [0.05, 0.1) is 17.1 Å². The van der Waals surface area contributed by atoms with E-state index in [4.69, 9.17) is 11.6 Å². The Kier molecular flexibility index (Phi) is 3.42. The van der Waals surface area contributed by atoms with E-state index in [9.17, 15) is 14.8 Å². The van der Waals surface area contributed by atoms with Gasteiger partial charge < -0.3 is 10.5 Å². The Balaban J connectivity index is 2.23. The van der Waals surface area contributed by atoms with Gasteiger partial charge in [0.15, 0.2) is 12.0 Å². The second-order valence-electron chi connectivity index (χ2n) is 3.90. The molecule has 6 nitrogen and oxygen atoms in total. The maximum absolute atomic E-state index is 11.5. The van der Waals surface area contributed by atoms with Crippen molar-refractivity contribution < 1.29 is 14.7 Å². The molecule has 1 atom stereocenters. The number of nitrogens with zero attached hydrogens (tertiary/aromatic N) is 1. The van der Waals surface area contributed by atoms with E-state index < -0.39 is 5.91 Å². The zero-order chi connectivity index (χ0) is 13.3. The Morgan fingerprint density at radius 1 is 1.50 bits per heavy atom. The molecule has 0 spiro atoms. The van der Waals surface area contributed by atoms with Crippen molar-refractivity contribution in [3.63, 3.8) is 0 Å². The van der Waals surface area contributed by atoms with Crippen LogP contribution < -0.4 is 10.4 Å². The molecule has 7 heteroatoms. The van der Waals surface area contributed by atoms with Crippen LogP contribution in [0.2, 0.25) is 5.02 Å². The van der Waals surface area contributed by atoms with Crippen molar-refractivity contribution in [3.05, 3.63) is 22.4 Å². The molecule has 0 saturated carbocycles. The van der Waals surface area contributed by atoms with Crippen LogP contribution in [0.15, 0.2) is 17.1 Å². The second kappa shape index (κ2) is 4.85. The molecular weight excluding hydrogens is 258 g/mol. The Morgan fingerprint density at radius 2 is 2.22 bits per heavy atom. The quantitative estimate of drug-likeness (QED) is 0.631. The van der Waals surface area contributed by atoms with Crippen LogP contribution in [0, 0.1) is 5.21 Å². The number of hydroxylamine groups is 1. The van der Waals surface area contributed by atoms with Crippen LogP contribution in [0.3, 0.4) is 0 Å². The predicted molar refractivity (Wildman–Crippen MR) is 67.5 cm³/mol. The van der Waals surface area contributed by atoms with E-state index in [0.717, 1.165) is 0 Å². The van der Waals surface area contributed by atoms with Crippen LogP contribution in [-0.2, 0) is 9.59 Å².